The first-order valence-electron chi connectivity index (χ1n) is 10.5. The van der Waals surface area contributed by atoms with E-state index in [-0.39, 0.29) is 17.5 Å². The summed E-state index contributed by atoms with van der Waals surface area (Å²) >= 11 is 0. The van der Waals surface area contributed by atoms with Gasteiger partial charge in [0.2, 0.25) is 0 Å². The Hall–Kier alpha value is -3.55. The highest BCUT2D eigenvalue weighted by atomic mass is 19.1. The molecule has 0 bridgehead atoms. The summed E-state index contributed by atoms with van der Waals surface area (Å²) < 4.78 is 17.1. The van der Waals surface area contributed by atoms with Gasteiger partial charge in [-0.05, 0) is 55.7 Å². The van der Waals surface area contributed by atoms with Crippen LogP contribution >= 0.6 is 0 Å². The fourth-order valence-electron chi connectivity index (χ4n) is 4.21. The highest BCUT2D eigenvalue weighted by Gasteiger charge is 2.21. The van der Waals surface area contributed by atoms with Crippen LogP contribution in [-0.2, 0) is 19.5 Å². The molecule has 5 rings (SSSR count). The smallest absolute Gasteiger partial charge is 0.346 e. The van der Waals surface area contributed by atoms with Gasteiger partial charge in [0.15, 0.2) is 0 Å². The van der Waals surface area contributed by atoms with Gasteiger partial charge in [-0.1, -0.05) is 6.07 Å². The quantitative estimate of drug-likeness (QED) is 0.550. The van der Waals surface area contributed by atoms with Crippen molar-refractivity contribution in [2.45, 2.75) is 45.3 Å². The summed E-state index contributed by atoms with van der Waals surface area (Å²) in [4.78, 5) is 21.5. The molecular weight excluding hydrogens is 395 g/mol. The summed E-state index contributed by atoms with van der Waals surface area (Å²) in [6.07, 6.45) is 5.78. The van der Waals surface area contributed by atoms with Crippen LogP contribution in [0.25, 0.3) is 10.9 Å². The zero-order valence-electron chi connectivity index (χ0n) is 17.3. The largest absolute Gasteiger partial charge is 0.382 e. The molecule has 1 N–H and O–H groups in total. The predicted octanol–water partition coefficient (Wildman–Crippen LogP) is 3.30. The lowest BCUT2D eigenvalue weighted by atomic mass is 10.1. The summed E-state index contributed by atoms with van der Waals surface area (Å²) in [5, 5.41) is 8.91. The molecule has 1 aliphatic heterocycles. The molecule has 1 aromatic carbocycles. The molecule has 0 aliphatic carbocycles. The number of nitrogens with zero attached hydrogens (tertiary/aromatic N) is 5. The molecule has 31 heavy (non-hydrogen) atoms. The number of halogens is 1. The maximum Gasteiger partial charge on any atom is 0.346 e. The van der Waals surface area contributed by atoms with Crippen LogP contribution in [0.3, 0.4) is 0 Å². The lowest BCUT2D eigenvalue weighted by molar-refractivity contribution is 0.553. The molecule has 0 spiro atoms. The minimum Gasteiger partial charge on any atom is -0.382 e. The van der Waals surface area contributed by atoms with Gasteiger partial charge in [0.1, 0.15) is 11.6 Å². The highest BCUT2D eigenvalue weighted by molar-refractivity contribution is 5.91. The van der Waals surface area contributed by atoms with Gasteiger partial charge < -0.3 is 5.32 Å². The monoisotopic (exact) mass is 418 g/mol. The SMILES string of the molecule is Cc1cc(NC2CCc3nn(Cc4cccnc4)c(=O)n3CC2)c2cc(F)ccc2n1. The summed E-state index contributed by atoms with van der Waals surface area (Å²) in [6, 6.07) is 10.5. The van der Waals surface area contributed by atoms with E-state index in [9.17, 15) is 9.18 Å². The molecule has 8 heteroatoms. The molecule has 7 nitrogen and oxygen atoms in total. The van der Waals surface area contributed by atoms with E-state index in [0.717, 1.165) is 46.5 Å². The first kappa shape index (κ1) is 19.4. The number of fused-ring (bicyclic) bond motifs is 2. The fourth-order valence-corrected chi connectivity index (χ4v) is 4.21. The van der Waals surface area contributed by atoms with E-state index in [0.29, 0.717) is 19.5 Å². The van der Waals surface area contributed by atoms with Gasteiger partial charge in [0.05, 0.1) is 12.1 Å². The van der Waals surface area contributed by atoms with E-state index in [1.165, 1.54) is 16.8 Å². The zero-order valence-corrected chi connectivity index (χ0v) is 17.3. The van der Waals surface area contributed by atoms with Crippen molar-refractivity contribution in [3.8, 4) is 0 Å². The molecule has 3 aromatic heterocycles. The highest BCUT2D eigenvalue weighted by Crippen LogP contribution is 2.26. The number of aryl methyl sites for hydroxylation is 2. The number of anilines is 1. The first-order chi connectivity index (χ1) is 15.1. The molecule has 0 radical (unpaired) electrons. The maximum atomic E-state index is 13.8. The average Bonchev–Trinajstić information content (AvgIpc) is 2.92. The van der Waals surface area contributed by atoms with E-state index in [1.807, 2.05) is 25.1 Å². The van der Waals surface area contributed by atoms with Gasteiger partial charge in [-0.3, -0.25) is 14.5 Å². The Morgan fingerprint density at radius 1 is 1.23 bits per heavy atom. The number of rotatable bonds is 4. The second kappa shape index (κ2) is 7.94. The molecule has 1 unspecified atom stereocenters. The van der Waals surface area contributed by atoms with Crippen molar-refractivity contribution in [3.63, 3.8) is 0 Å². The van der Waals surface area contributed by atoms with E-state index < -0.39 is 0 Å². The zero-order chi connectivity index (χ0) is 21.4. The average molecular weight is 418 g/mol. The van der Waals surface area contributed by atoms with Crippen molar-refractivity contribution in [1.82, 2.24) is 24.3 Å². The van der Waals surface area contributed by atoms with Crippen molar-refractivity contribution in [3.05, 3.63) is 82.2 Å². The standard InChI is InChI=1S/C23H23FN6O/c1-15-11-21(19-12-17(24)4-6-20(19)26-15)27-18-5-7-22-28-30(23(31)29(22)10-8-18)14-16-3-2-9-25-13-16/h2-4,6,9,11-13,18H,5,7-8,10,14H2,1H3,(H,26,27). The Kier molecular flexibility index (Phi) is 4.97. The molecular formula is C23H23FN6O. The maximum absolute atomic E-state index is 13.8. The predicted molar refractivity (Wildman–Crippen MR) is 117 cm³/mol. The molecule has 0 fully saturated rings. The van der Waals surface area contributed by atoms with Crippen LogP contribution in [0.15, 0.2) is 53.6 Å². The second-order valence-electron chi connectivity index (χ2n) is 8.01. The molecule has 1 aliphatic rings. The van der Waals surface area contributed by atoms with Crippen LogP contribution in [0.2, 0.25) is 0 Å². The van der Waals surface area contributed by atoms with Crippen LogP contribution in [0, 0.1) is 12.7 Å². The van der Waals surface area contributed by atoms with Crippen LogP contribution in [0.1, 0.15) is 29.9 Å². The van der Waals surface area contributed by atoms with Gasteiger partial charge in [-0.25, -0.2) is 13.9 Å². The molecule has 0 saturated carbocycles. The van der Waals surface area contributed by atoms with Crippen molar-refractivity contribution in [2.75, 3.05) is 5.32 Å². The van der Waals surface area contributed by atoms with Crippen LogP contribution in [0.4, 0.5) is 10.1 Å². The normalized spacial score (nSPS) is 16.1. The van der Waals surface area contributed by atoms with Gasteiger partial charge in [0.25, 0.3) is 0 Å². The summed E-state index contributed by atoms with van der Waals surface area (Å²) in [6.45, 7) is 2.94. The Bertz CT molecular complexity index is 1300. The topological polar surface area (TPSA) is 77.6 Å². The van der Waals surface area contributed by atoms with E-state index in [4.69, 9.17) is 0 Å². The molecule has 4 heterocycles. The van der Waals surface area contributed by atoms with Gasteiger partial charge >= 0.3 is 5.69 Å². The Morgan fingerprint density at radius 3 is 2.97 bits per heavy atom. The van der Waals surface area contributed by atoms with E-state index in [2.05, 4.69) is 20.4 Å². The number of benzene rings is 1. The molecule has 0 saturated heterocycles. The summed E-state index contributed by atoms with van der Waals surface area (Å²) in [5.41, 5.74) is 3.38. The van der Waals surface area contributed by atoms with Gasteiger partial charge in [0, 0.05) is 48.2 Å². The Labute approximate surface area is 178 Å². The van der Waals surface area contributed by atoms with Crippen molar-refractivity contribution in [1.29, 1.82) is 0 Å². The van der Waals surface area contributed by atoms with Gasteiger partial charge in [-0.15, -0.1) is 0 Å². The van der Waals surface area contributed by atoms with Crippen LogP contribution < -0.4 is 11.0 Å². The van der Waals surface area contributed by atoms with Gasteiger partial charge in [-0.2, -0.15) is 5.10 Å². The fraction of sp³-hybridized carbons (Fsp3) is 0.304. The Morgan fingerprint density at radius 2 is 2.13 bits per heavy atom. The molecule has 0 amide bonds. The lowest BCUT2D eigenvalue weighted by Gasteiger charge is -2.19. The second-order valence-corrected chi connectivity index (χ2v) is 8.01. The molecule has 1 atom stereocenters. The summed E-state index contributed by atoms with van der Waals surface area (Å²) in [7, 11) is 0. The van der Waals surface area contributed by atoms with E-state index >= 15 is 0 Å². The minimum atomic E-state index is -0.281. The third kappa shape index (κ3) is 3.93. The van der Waals surface area contributed by atoms with Crippen LogP contribution in [-0.4, -0.2) is 30.4 Å². The number of nitrogens with one attached hydrogen (secondary N) is 1. The van der Waals surface area contributed by atoms with Crippen LogP contribution in [0.5, 0.6) is 0 Å². The van der Waals surface area contributed by atoms with Crippen molar-refractivity contribution in [2.24, 2.45) is 0 Å². The number of pyridine rings is 2. The minimum absolute atomic E-state index is 0.0909. The van der Waals surface area contributed by atoms with E-state index in [1.54, 1.807) is 23.0 Å². The summed E-state index contributed by atoms with van der Waals surface area (Å²) in [5.74, 6) is 0.524. The molecule has 4 aromatic rings. The Balaban J connectivity index is 1.35. The first-order valence-corrected chi connectivity index (χ1v) is 10.5. The van der Waals surface area contributed by atoms with Crippen molar-refractivity contribution < 1.29 is 4.39 Å². The molecule has 158 valence electrons. The number of aromatic nitrogens is 5. The third-order valence-electron chi connectivity index (χ3n) is 5.73. The number of hydrogen-bond acceptors (Lipinski definition) is 5. The van der Waals surface area contributed by atoms with Crippen molar-refractivity contribution >= 4 is 16.6 Å². The number of hydrogen-bond donors (Lipinski definition) is 1. The third-order valence-corrected chi connectivity index (χ3v) is 5.73. The lowest BCUT2D eigenvalue weighted by Crippen LogP contribution is -2.27.